The Labute approximate surface area is 279 Å². The van der Waals surface area contributed by atoms with Gasteiger partial charge in [0.2, 0.25) is 11.5 Å². The number of piperazine rings is 2. The van der Waals surface area contributed by atoms with Gasteiger partial charge in [-0.05, 0) is 45.2 Å². The van der Waals surface area contributed by atoms with Crippen LogP contribution >= 0.6 is 0 Å². The molecule has 16 heteroatoms. The number of nitrogens with one attached hydrogen (secondary N) is 2. The number of benzene rings is 1. The number of hydrogen-bond acceptors (Lipinski definition) is 8. The lowest BCUT2D eigenvalue weighted by molar-refractivity contribution is -0.141. The highest BCUT2D eigenvalue weighted by Crippen LogP contribution is 2.37. The summed E-state index contributed by atoms with van der Waals surface area (Å²) in [5, 5.41) is 11.4. The summed E-state index contributed by atoms with van der Waals surface area (Å²) in [6.45, 7) is 6.59. The number of aromatic amines is 1. The van der Waals surface area contributed by atoms with Crippen LogP contribution in [0.15, 0.2) is 47.5 Å². The third kappa shape index (κ3) is 8.01. The molecule has 2 fully saturated rings. The molecule has 0 radical (unpaired) electrons. The maximum Gasteiger partial charge on any atom is 0.417 e. The van der Waals surface area contributed by atoms with Crippen molar-refractivity contribution in [2.24, 2.45) is 0 Å². The lowest BCUT2D eigenvalue weighted by Crippen LogP contribution is -2.55. The number of H-pyrrole nitrogens is 1. The molecule has 2 atom stereocenters. The zero-order valence-corrected chi connectivity index (χ0v) is 27.2. The van der Waals surface area contributed by atoms with Crippen LogP contribution in [0.2, 0.25) is 0 Å². The van der Waals surface area contributed by atoms with Crippen molar-refractivity contribution in [1.82, 2.24) is 19.8 Å². The van der Waals surface area contributed by atoms with Crippen LogP contribution in [0.3, 0.4) is 0 Å². The molecule has 0 aliphatic carbocycles. The summed E-state index contributed by atoms with van der Waals surface area (Å²) in [5.74, 6) is -2.46. The van der Waals surface area contributed by atoms with Crippen LogP contribution in [-0.4, -0.2) is 101 Å². The highest BCUT2D eigenvalue weighted by atomic mass is 19.4. The van der Waals surface area contributed by atoms with Crippen LogP contribution in [0.4, 0.5) is 34.8 Å². The highest BCUT2D eigenvalue weighted by Gasteiger charge is 2.36. The number of carbonyl (C=O) groups excluding carboxylic acids is 2. The average molecular weight is 688 g/mol. The Hall–Kier alpha value is -4.99. The van der Waals surface area contributed by atoms with E-state index < -0.39 is 40.6 Å². The number of halogens is 4. The van der Waals surface area contributed by atoms with Crippen LogP contribution in [0.5, 0.6) is 0 Å². The smallest absolute Gasteiger partial charge is 0.417 e. The topological polar surface area (TPSA) is 142 Å². The molecule has 1 aromatic carbocycles. The fraction of sp³-hybridized carbons (Fsp3) is 0.424. The third-order valence-electron chi connectivity index (χ3n) is 9.08. The Bertz CT molecular complexity index is 1760. The van der Waals surface area contributed by atoms with E-state index in [9.17, 15) is 32.3 Å². The Kier molecular flexibility index (Phi) is 10.3. The molecule has 4 heterocycles. The van der Waals surface area contributed by atoms with Crippen molar-refractivity contribution in [1.29, 1.82) is 0 Å². The Balaban J connectivity index is 1.43. The van der Waals surface area contributed by atoms with E-state index in [0.29, 0.717) is 68.6 Å². The van der Waals surface area contributed by atoms with Gasteiger partial charge in [-0.15, -0.1) is 0 Å². The van der Waals surface area contributed by atoms with Crippen LogP contribution in [-0.2, 0) is 15.8 Å². The quantitative estimate of drug-likeness (QED) is 0.301. The fourth-order valence-corrected chi connectivity index (χ4v) is 6.12. The van der Waals surface area contributed by atoms with Crippen molar-refractivity contribution >= 4 is 35.0 Å². The predicted octanol–water partition coefficient (Wildman–Crippen LogP) is 3.89. The van der Waals surface area contributed by atoms with Gasteiger partial charge in [-0.25, -0.2) is 9.37 Å². The second kappa shape index (κ2) is 14.2. The first-order valence-electron chi connectivity index (χ1n) is 15.7. The number of hydrogen-bond donors (Lipinski definition) is 3. The number of pyridine rings is 2. The number of carboxylic acids is 1. The van der Waals surface area contributed by atoms with E-state index in [0.717, 1.165) is 0 Å². The van der Waals surface area contributed by atoms with Gasteiger partial charge in [-0.3, -0.25) is 24.1 Å². The predicted molar refractivity (Wildman–Crippen MR) is 174 cm³/mol. The lowest BCUT2D eigenvalue weighted by Gasteiger charge is -2.44. The summed E-state index contributed by atoms with van der Waals surface area (Å²) < 4.78 is 57.3. The third-order valence-corrected chi connectivity index (χ3v) is 9.08. The van der Waals surface area contributed by atoms with Gasteiger partial charge < -0.3 is 30.1 Å². The molecule has 0 spiro atoms. The molecule has 2 aliphatic heterocycles. The molecule has 12 nitrogen and oxygen atoms in total. The van der Waals surface area contributed by atoms with E-state index in [1.807, 2.05) is 30.7 Å². The number of carboxylic acid groups (broad SMARTS) is 1. The standard InChI is InChI=1S/C33H37F4N7O5/c1-19-17-44(18-20(2)41(19)3)27-14-25(34)22(12-26(27)40-32(49)23-16-39-29(45)13-24(23)33(35,36)37)21-4-5-28(38-15-21)42-8-10-43(11-9-42)30(46)6-7-31(47)48/h4-5,12-16,19-20H,6-11,17-18H2,1-3H3,(H,39,45)(H,40,49)(H,47,48)/t19-,20?/m1/s1. The molecule has 2 aromatic heterocycles. The Morgan fingerprint density at radius 2 is 1.67 bits per heavy atom. The molecular formula is C33H37F4N7O5. The first-order valence-corrected chi connectivity index (χ1v) is 15.7. The minimum absolute atomic E-state index is 0.0487. The molecule has 1 unspecified atom stereocenters. The summed E-state index contributed by atoms with van der Waals surface area (Å²) in [5.41, 5.74) is -2.43. The molecule has 2 aliphatic rings. The first-order chi connectivity index (χ1) is 23.1. The molecule has 2 saturated heterocycles. The summed E-state index contributed by atoms with van der Waals surface area (Å²) in [4.78, 5) is 62.3. The average Bonchev–Trinajstić information content (AvgIpc) is 3.06. The van der Waals surface area contributed by atoms with Crippen molar-refractivity contribution in [2.75, 3.05) is 61.4 Å². The number of likely N-dealkylation sites (N-methyl/N-ethyl adjacent to an activating group) is 1. The maximum absolute atomic E-state index is 15.9. The SMILES string of the molecule is CC1CN(c2cc(F)c(-c3ccc(N4CCN(C(=O)CCC(=O)O)CC4)nc3)cc2NC(=O)c2c[nH]c(=O)cc2C(F)(F)F)C[C@@H](C)N1C. The maximum atomic E-state index is 15.9. The normalized spacial score (nSPS) is 18.8. The molecule has 0 bridgehead atoms. The van der Waals surface area contributed by atoms with Crippen LogP contribution in [0, 0.1) is 5.82 Å². The summed E-state index contributed by atoms with van der Waals surface area (Å²) in [6.07, 6.45) is -3.13. The molecule has 2 amide bonds. The number of alkyl halides is 3. The van der Waals surface area contributed by atoms with Gasteiger partial charge >= 0.3 is 12.1 Å². The van der Waals surface area contributed by atoms with Gasteiger partial charge in [0.05, 0.1) is 28.9 Å². The largest absolute Gasteiger partial charge is 0.481 e. The molecule has 3 N–H and O–H groups in total. The van der Waals surface area contributed by atoms with Gasteiger partial charge in [0.1, 0.15) is 11.6 Å². The van der Waals surface area contributed by atoms with E-state index in [1.54, 1.807) is 17.0 Å². The van der Waals surface area contributed by atoms with Crippen molar-refractivity contribution in [3.05, 3.63) is 70.0 Å². The Morgan fingerprint density at radius 3 is 2.27 bits per heavy atom. The van der Waals surface area contributed by atoms with Crippen molar-refractivity contribution in [3.8, 4) is 11.1 Å². The van der Waals surface area contributed by atoms with Gasteiger partial charge in [-0.2, -0.15) is 13.2 Å². The van der Waals surface area contributed by atoms with Gasteiger partial charge in [-0.1, -0.05) is 0 Å². The zero-order chi connectivity index (χ0) is 35.6. The summed E-state index contributed by atoms with van der Waals surface area (Å²) >= 11 is 0. The molecule has 5 rings (SSSR count). The number of nitrogens with zero attached hydrogens (tertiary/aromatic N) is 5. The second-order valence-corrected chi connectivity index (χ2v) is 12.4. The van der Waals surface area contributed by atoms with Gasteiger partial charge in [0.25, 0.3) is 5.91 Å². The lowest BCUT2D eigenvalue weighted by atomic mass is 10.0. The minimum atomic E-state index is -4.98. The number of amides is 2. The van der Waals surface area contributed by atoms with Crippen LogP contribution in [0.1, 0.15) is 42.6 Å². The van der Waals surface area contributed by atoms with E-state index in [4.69, 9.17) is 5.11 Å². The highest BCUT2D eigenvalue weighted by molar-refractivity contribution is 6.07. The van der Waals surface area contributed by atoms with E-state index in [2.05, 4.69) is 20.2 Å². The molecular weight excluding hydrogens is 650 g/mol. The molecule has 3 aromatic rings. The van der Waals surface area contributed by atoms with E-state index in [1.165, 1.54) is 18.3 Å². The van der Waals surface area contributed by atoms with Gasteiger partial charge in [0, 0.05) is 87.4 Å². The Morgan fingerprint density at radius 1 is 1.00 bits per heavy atom. The molecule has 262 valence electrons. The number of aliphatic carboxylic acids is 1. The van der Waals surface area contributed by atoms with Crippen molar-refractivity contribution < 1.29 is 37.1 Å². The fourth-order valence-electron chi connectivity index (χ4n) is 6.12. The summed E-state index contributed by atoms with van der Waals surface area (Å²) in [6, 6.07) is 6.36. The first kappa shape index (κ1) is 35.3. The van der Waals surface area contributed by atoms with Crippen LogP contribution in [0.25, 0.3) is 11.1 Å². The monoisotopic (exact) mass is 687 g/mol. The van der Waals surface area contributed by atoms with Crippen molar-refractivity contribution in [2.45, 2.75) is 44.9 Å². The number of rotatable bonds is 8. The summed E-state index contributed by atoms with van der Waals surface area (Å²) in [7, 11) is 1.96. The number of anilines is 3. The molecule has 49 heavy (non-hydrogen) atoms. The van der Waals surface area contributed by atoms with Crippen LogP contribution < -0.4 is 20.7 Å². The second-order valence-electron chi connectivity index (χ2n) is 12.4. The molecule has 0 saturated carbocycles. The van der Waals surface area contributed by atoms with E-state index in [-0.39, 0.29) is 42.1 Å². The number of carbonyl (C=O) groups is 3. The van der Waals surface area contributed by atoms with E-state index >= 15 is 4.39 Å². The zero-order valence-electron chi connectivity index (χ0n) is 27.2. The number of aromatic nitrogens is 2. The van der Waals surface area contributed by atoms with Gasteiger partial charge in [0.15, 0.2) is 0 Å². The van der Waals surface area contributed by atoms with Crippen molar-refractivity contribution in [3.63, 3.8) is 0 Å². The minimum Gasteiger partial charge on any atom is -0.481 e.